The second-order valence-corrected chi connectivity index (χ2v) is 7.45. The first-order valence-corrected chi connectivity index (χ1v) is 7.66. The first-order chi connectivity index (χ1) is 8.86. The summed E-state index contributed by atoms with van der Waals surface area (Å²) in [5, 5.41) is 4.26. The van der Waals surface area contributed by atoms with Crippen LogP contribution in [0.1, 0.15) is 38.5 Å². The summed E-state index contributed by atoms with van der Waals surface area (Å²) in [6, 6.07) is 0.309. The average molecular weight is 281 g/mol. The zero-order valence-electron chi connectivity index (χ0n) is 12.2. The summed E-state index contributed by atoms with van der Waals surface area (Å²) in [7, 11) is 0. The molecule has 1 aliphatic heterocycles. The topological polar surface area (TPSA) is 45.2 Å². The summed E-state index contributed by atoms with van der Waals surface area (Å²) in [5.41, 5.74) is -0.302. The summed E-state index contributed by atoms with van der Waals surface area (Å²) < 4.78 is 0. The van der Waals surface area contributed by atoms with Gasteiger partial charge in [-0.15, -0.1) is 11.3 Å². The number of amides is 1. The summed E-state index contributed by atoms with van der Waals surface area (Å²) >= 11 is 1.74. The summed E-state index contributed by atoms with van der Waals surface area (Å²) in [6.45, 7) is 9.89. The fraction of sp³-hybridized carbons (Fsp3) is 0.714. The Morgan fingerprint density at radius 1 is 1.42 bits per heavy atom. The van der Waals surface area contributed by atoms with E-state index in [1.165, 1.54) is 4.88 Å². The second-order valence-electron chi connectivity index (χ2n) is 6.24. The van der Waals surface area contributed by atoms with E-state index in [4.69, 9.17) is 0 Å². The summed E-state index contributed by atoms with van der Waals surface area (Å²) in [4.78, 5) is 19.9. The van der Waals surface area contributed by atoms with Crippen molar-refractivity contribution < 1.29 is 4.79 Å². The normalized spacial score (nSPS) is 17.6. The lowest BCUT2D eigenvalue weighted by molar-refractivity contribution is -0.129. The van der Waals surface area contributed by atoms with E-state index in [0.717, 1.165) is 31.1 Å². The van der Waals surface area contributed by atoms with Crippen LogP contribution in [0.15, 0.2) is 6.20 Å². The van der Waals surface area contributed by atoms with E-state index in [-0.39, 0.29) is 11.3 Å². The Kier molecular flexibility index (Phi) is 4.13. The molecular weight excluding hydrogens is 258 g/mol. The Morgan fingerprint density at radius 3 is 2.53 bits per heavy atom. The molecule has 1 fully saturated rings. The highest BCUT2D eigenvalue weighted by Crippen LogP contribution is 2.25. The van der Waals surface area contributed by atoms with Gasteiger partial charge in [-0.1, -0.05) is 20.8 Å². The van der Waals surface area contributed by atoms with Gasteiger partial charge in [0.25, 0.3) is 0 Å². The molecule has 0 radical (unpaired) electrons. The number of nitrogens with zero attached hydrogens (tertiary/aromatic N) is 2. The predicted octanol–water partition coefficient (Wildman–Crippen LogP) is 2.58. The number of aryl methyl sites for hydroxylation is 1. The Hall–Kier alpha value is -1.10. The number of thiazole rings is 1. The quantitative estimate of drug-likeness (QED) is 0.906. The Labute approximate surface area is 119 Å². The molecule has 19 heavy (non-hydrogen) atoms. The van der Waals surface area contributed by atoms with Gasteiger partial charge in [0.05, 0.1) is 0 Å². The van der Waals surface area contributed by atoms with Gasteiger partial charge in [-0.05, 0) is 19.8 Å². The number of piperidine rings is 1. The molecule has 2 heterocycles. The molecule has 1 saturated heterocycles. The van der Waals surface area contributed by atoms with Gasteiger partial charge in [0.1, 0.15) is 0 Å². The molecule has 0 atom stereocenters. The van der Waals surface area contributed by atoms with E-state index < -0.39 is 0 Å². The van der Waals surface area contributed by atoms with Crippen LogP contribution in [0.2, 0.25) is 0 Å². The van der Waals surface area contributed by atoms with Gasteiger partial charge < -0.3 is 10.2 Å². The van der Waals surface area contributed by atoms with Crippen LogP contribution in [0.25, 0.3) is 0 Å². The van der Waals surface area contributed by atoms with E-state index in [1.54, 1.807) is 11.3 Å². The van der Waals surface area contributed by atoms with Crippen LogP contribution in [0.5, 0.6) is 0 Å². The molecule has 0 aliphatic carbocycles. The monoisotopic (exact) mass is 281 g/mol. The molecule has 0 unspecified atom stereocenters. The molecule has 5 heteroatoms. The number of nitrogens with one attached hydrogen (secondary N) is 1. The first-order valence-electron chi connectivity index (χ1n) is 6.84. The number of carbonyl (C=O) groups is 1. The van der Waals surface area contributed by atoms with Crippen molar-refractivity contribution in [3.8, 4) is 0 Å². The van der Waals surface area contributed by atoms with Crippen molar-refractivity contribution in [2.45, 2.75) is 46.6 Å². The predicted molar refractivity (Wildman–Crippen MR) is 79.7 cm³/mol. The van der Waals surface area contributed by atoms with Crippen molar-refractivity contribution in [2.24, 2.45) is 5.41 Å². The van der Waals surface area contributed by atoms with Gasteiger partial charge in [-0.2, -0.15) is 0 Å². The number of hydrogen-bond acceptors (Lipinski definition) is 4. The third kappa shape index (κ3) is 3.69. The molecule has 1 N–H and O–H groups in total. The van der Waals surface area contributed by atoms with Gasteiger partial charge in [-0.3, -0.25) is 4.79 Å². The Balaban J connectivity index is 1.84. The minimum absolute atomic E-state index is 0.149. The highest BCUT2D eigenvalue weighted by atomic mass is 32.1. The van der Waals surface area contributed by atoms with Crippen LogP contribution in [0.4, 0.5) is 5.13 Å². The molecule has 1 amide bonds. The second kappa shape index (κ2) is 5.49. The third-order valence-electron chi connectivity index (χ3n) is 3.39. The average Bonchev–Trinajstić information content (AvgIpc) is 2.75. The molecule has 2 rings (SSSR count). The van der Waals surface area contributed by atoms with Crippen molar-refractivity contribution in [1.82, 2.24) is 10.3 Å². The van der Waals surface area contributed by atoms with Crippen LogP contribution in [-0.2, 0) is 4.79 Å². The molecular formula is C14H23N3OS. The highest BCUT2D eigenvalue weighted by Gasteiger charge is 2.27. The summed E-state index contributed by atoms with van der Waals surface area (Å²) in [6.07, 6.45) is 3.92. The van der Waals surface area contributed by atoms with E-state index in [1.807, 2.05) is 27.0 Å². The molecule has 4 nitrogen and oxygen atoms in total. The van der Waals surface area contributed by atoms with Crippen molar-refractivity contribution >= 4 is 22.4 Å². The van der Waals surface area contributed by atoms with Crippen LogP contribution in [-0.4, -0.2) is 30.0 Å². The van der Waals surface area contributed by atoms with Gasteiger partial charge in [0, 0.05) is 35.6 Å². The first kappa shape index (κ1) is 14.3. The SMILES string of the molecule is Cc1cnc(N2CCC(NC(=O)C(C)(C)C)CC2)s1. The van der Waals surface area contributed by atoms with Crippen molar-refractivity contribution in [2.75, 3.05) is 18.0 Å². The van der Waals surface area contributed by atoms with Crippen LogP contribution < -0.4 is 10.2 Å². The standard InChI is InChI=1S/C14H23N3OS/c1-10-9-15-13(19-10)17-7-5-11(6-8-17)16-12(18)14(2,3)4/h9,11H,5-8H2,1-4H3,(H,16,18). The lowest BCUT2D eigenvalue weighted by Crippen LogP contribution is -2.47. The third-order valence-corrected chi connectivity index (χ3v) is 4.36. The lowest BCUT2D eigenvalue weighted by atomic mass is 9.94. The number of aromatic nitrogens is 1. The smallest absolute Gasteiger partial charge is 0.225 e. The van der Waals surface area contributed by atoms with Gasteiger partial charge in [-0.25, -0.2) is 4.98 Å². The zero-order chi connectivity index (χ0) is 14.0. The van der Waals surface area contributed by atoms with Gasteiger partial charge in [0.2, 0.25) is 5.91 Å². The molecule has 0 bridgehead atoms. The number of anilines is 1. The molecule has 1 aliphatic rings. The largest absolute Gasteiger partial charge is 0.353 e. The van der Waals surface area contributed by atoms with Gasteiger partial charge in [0.15, 0.2) is 5.13 Å². The maximum Gasteiger partial charge on any atom is 0.225 e. The van der Waals surface area contributed by atoms with Crippen LogP contribution in [0, 0.1) is 12.3 Å². The number of carbonyl (C=O) groups excluding carboxylic acids is 1. The fourth-order valence-electron chi connectivity index (χ4n) is 2.11. The molecule has 106 valence electrons. The minimum Gasteiger partial charge on any atom is -0.353 e. The molecule has 1 aromatic rings. The maximum absolute atomic E-state index is 12.0. The van der Waals surface area contributed by atoms with Crippen molar-refractivity contribution in [1.29, 1.82) is 0 Å². The van der Waals surface area contributed by atoms with Gasteiger partial charge >= 0.3 is 0 Å². The maximum atomic E-state index is 12.0. The van der Waals surface area contributed by atoms with Crippen LogP contribution >= 0.6 is 11.3 Å². The zero-order valence-corrected chi connectivity index (χ0v) is 13.0. The van der Waals surface area contributed by atoms with Crippen LogP contribution in [0.3, 0.4) is 0 Å². The van der Waals surface area contributed by atoms with E-state index >= 15 is 0 Å². The molecule has 0 aromatic carbocycles. The Bertz CT molecular complexity index is 442. The highest BCUT2D eigenvalue weighted by molar-refractivity contribution is 7.15. The lowest BCUT2D eigenvalue weighted by Gasteiger charge is -2.33. The molecule has 1 aromatic heterocycles. The molecule has 0 saturated carbocycles. The van der Waals surface area contributed by atoms with E-state index in [0.29, 0.717) is 6.04 Å². The Morgan fingerprint density at radius 2 is 2.05 bits per heavy atom. The summed E-state index contributed by atoms with van der Waals surface area (Å²) in [5.74, 6) is 0.149. The van der Waals surface area contributed by atoms with E-state index in [2.05, 4.69) is 22.1 Å². The number of rotatable bonds is 2. The van der Waals surface area contributed by atoms with Crippen molar-refractivity contribution in [3.05, 3.63) is 11.1 Å². The minimum atomic E-state index is -0.302. The van der Waals surface area contributed by atoms with E-state index in [9.17, 15) is 4.79 Å². The fourth-order valence-corrected chi connectivity index (χ4v) is 2.92. The van der Waals surface area contributed by atoms with Crippen molar-refractivity contribution in [3.63, 3.8) is 0 Å². The number of hydrogen-bond donors (Lipinski definition) is 1. The molecule has 0 spiro atoms.